The molecule has 216 valence electrons. The molecule has 1 saturated heterocycles. The molecule has 2 N–H and O–H groups in total. The Hall–Kier alpha value is -3.72. The van der Waals surface area contributed by atoms with Crippen LogP contribution in [0.15, 0.2) is 49.1 Å². The van der Waals surface area contributed by atoms with Crippen molar-refractivity contribution in [3.63, 3.8) is 0 Å². The Balaban J connectivity index is 1.27. The van der Waals surface area contributed by atoms with Gasteiger partial charge in [0.1, 0.15) is 24.7 Å². The Morgan fingerprint density at radius 2 is 1.85 bits per heavy atom. The molecule has 10 heteroatoms. The van der Waals surface area contributed by atoms with Gasteiger partial charge in [-0.1, -0.05) is 31.5 Å². The zero-order chi connectivity index (χ0) is 28.9. The number of carbonyl (C=O) groups is 3. The van der Waals surface area contributed by atoms with Crippen molar-refractivity contribution >= 4 is 29.3 Å². The smallest absolute Gasteiger partial charge is 0.251 e. The number of nitrogens with one attached hydrogen (secondary N) is 2. The lowest BCUT2D eigenvalue weighted by atomic mass is 9.90. The fraction of sp³-hybridized carbons (Fsp3) is 0.452. The van der Waals surface area contributed by atoms with Gasteiger partial charge in [-0.2, -0.15) is 5.10 Å². The van der Waals surface area contributed by atoms with Crippen LogP contribution in [0.4, 0.5) is 0 Å². The van der Waals surface area contributed by atoms with Crippen LogP contribution in [0, 0.1) is 5.92 Å². The van der Waals surface area contributed by atoms with Crippen molar-refractivity contribution in [2.45, 2.75) is 77.4 Å². The van der Waals surface area contributed by atoms with E-state index < -0.39 is 12.1 Å². The topological polar surface area (TPSA) is 109 Å². The molecule has 1 aliphatic carbocycles. The average molecular weight is 577 g/mol. The minimum atomic E-state index is -0.709. The number of rotatable bonds is 9. The van der Waals surface area contributed by atoms with Crippen LogP contribution in [0.3, 0.4) is 0 Å². The van der Waals surface area contributed by atoms with E-state index in [1.165, 1.54) is 23.9 Å². The number of fused-ring (bicyclic) bond motifs is 1. The van der Waals surface area contributed by atoms with E-state index in [1.54, 1.807) is 28.0 Å². The number of carbonyl (C=O) groups excluding carboxylic acids is 3. The first-order valence-electron chi connectivity index (χ1n) is 14.4. The third kappa shape index (κ3) is 6.78. The maximum atomic E-state index is 13.8. The number of benzene rings is 2. The summed E-state index contributed by atoms with van der Waals surface area (Å²) < 4.78 is 1.62. The summed E-state index contributed by atoms with van der Waals surface area (Å²) in [5.41, 5.74) is 4.64. The third-order valence-electron chi connectivity index (χ3n) is 7.92. The van der Waals surface area contributed by atoms with Crippen molar-refractivity contribution < 1.29 is 14.4 Å². The van der Waals surface area contributed by atoms with Gasteiger partial charge in [0.05, 0.1) is 5.69 Å². The highest BCUT2D eigenvalue weighted by Gasteiger charge is 2.38. The second-order valence-corrected chi connectivity index (χ2v) is 11.8. The number of aromatic nitrogens is 3. The lowest BCUT2D eigenvalue weighted by Gasteiger charge is -2.29. The molecule has 1 fully saturated rings. The second kappa shape index (κ2) is 12.9. The molecule has 0 bridgehead atoms. The summed E-state index contributed by atoms with van der Waals surface area (Å²) in [5, 5.41) is 10.7. The SMILES string of the molecule is CC(C)C[C@H](NC(=O)c1ccc2c(c1)CCCC2)C(=O)N1CCC[C@H]1C(=O)NCc1cc(Cl)ccc1-n1cncn1. The number of nitrogens with zero attached hydrogens (tertiary/aromatic N) is 4. The van der Waals surface area contributed by atoms with Gasteiger partial charge in [-0.15, -0.1) is 0 Å². The zero-order valence-corrected chi connectivity index (χ0v) is 24.4. The molecule has 2 aliphatic rings. The number of amides is 3. The largest absolute Gasteiger partial charge is 0.350 e. The highest BCUT2D eigenvalue weighted by atomic mass is 35.5. The van der Waals surface area contributed by atoms with E-state index in [2.05, 4.69) is 20.7 Å². The van der Waals surface area contributed by atoms with Crippen LogP contribution in [0.25, 0.3) is 5.69 Å². The van der Waals surface area contributed by atoms with E-state index in [9.17, 15) is 14.4 Å². The minimum absolute atomic E-state index is 0.181. The Bertz CT molecular complexity index is 1410. The predicted molar refractivity (Wildman–Crippen MR) is 157 cm³/mol. The molecule has 2 atom stereocenters. The van der Waals surface area contributed by atoms with Crippen molar-refractivity contribution in [1.82, 2.24) is 30.3 Å². The molecule has 2 aromatic carbocycles. The van der Waals surface area contributed by atoms with Crippen molar-refractivity contribution in [1.29, 1.82) is 0 Å². The highest BCUT2D eigenvalue weighted by molar-refractivity contribution is 6.30. The summed E-state index contributed by atoms with van der Waals surface area (Å²) in [7, 11) is 0. The molecule has 0 spiro atoms. The second-order valence-electron chi connectivity index (χ2n) is 11.4. The van der Waals surface area contributed by atoms with Crippen LogP contribution in [0.1, 0.15) is 73.0 Å². The van der Waals surface area contributed by atoms with Crippen molar-refractivity contribution in [3.8, 4) is 5.69 Å². The standard InChI is InChI=1S/C31H37ClN6O3/c1-20(2)14-26(36-29(39)23-10-9-21-6-3-4-7-22(21)15-23)31(41)37-13-5-8-28(37)30(40)34-17-24-16-25(32)11-12-27(24)38-19-33-18-35-38/h9-12,15-16,18-20,26,28H,3-8,13-14,17H2,1-2H3,(H,34,40)(H,36,39)/t26-,28-/m0/s1. The van der Waals surface area contributed by atoms with Gasteiger partial charge in [-0.3, -0.25) is 14.4 Å². The lowest BCUT2D eigenvalue weighted by molar-refractivity contribution is -0.140. The van der Waals surface area contributed by atoms with E-state index in [-0.39, 0.29) is 30.2 Å². The Morgan fingerprint density at radius 3 is 2.61 bits per heavy atom. The minimum Gasteiger partial charge on any atom is -0.350 e. The summed E-state index contributed by atoms with van der Waals surface area (Å²) in [6, 6.07) is 9.91. The monoisotopic (exact) mass is 576 g/mol. The van der Waals surface area contributed by atoms with E-state index in [4.69, 9.17) is 11.6 Å². The molecular weight excluding hydrogens is 540 g/mol. The molecule has 1 aromatic heterocycles. The predicted octanol–water partition coefficient (Wildman–Crippen LogP) is 4.25. The fourth-order valence-electron chi connectivity index (χ4n) is 5.86. The van der Waals surface area contributed by atoms with Gasteiger partial charge >= 0.3 is 0 Å². The third-order valence-corrected chi connectivity index (χ3v) is 8.16. The summed E-state index contributed by atoms with van der Waals surface area (Å²) in [4.78, 5) is 46.1. The molecule has 41 heavy (non-hydrogen) atoms. The van der Waals surface area contributed by atoms with Crippen molar-refractivity contribution in [2.75, 3.05) is 6.54 Å². The van der Waals surface area contributed by atoms with Gasteiger partial charge in [-0.05, 0) is 97.9 Å². The van der Waals surface area contributed by atoms with E-state index in [0.717, 1.165) is 36.9 Å². The number of halogens is 1. The highest BCUT2D eigenvalue weighted by Crippen LogP contribution is 2.24. The van der Waals surface area contributed by atoms with Crippen LogP contribution >= 0.6 is 11.6 Å². The molecule has 0 unspecified atom stereocenters. The fourth-order valence-corrected chi connectivity index (χ4v) is 6.06. The molecule has 2 heterocycles. The van der Waals surface area contributed by atoms with Crippen LogP contribution in [0.2, 0.25) is 5.02 Å². The Morgan fingerprint density at radius 1 is 1.05 bits per heavy atom. The van der Waals surface area contributed by atoms with Gasteiger partial charge in [0.2, 0.25) is 11.8 Å². The van der Waals surface area contributed by atoms with Crippen molar-refractivity contribution in [3.05, 3.63) is 76.3 Å². The lowest BCUT2D eigenvalue weighted by Crippen LogP contribution is -2.53. The molecule has 5 rings (SSSR count). The van der Waals surface area contributed by atoms with Gasteiger partial charge in [0, 0.05) is 23.7 Å². The van der Waals surface area contributed by atoms with Gasteiger partial charge < -0.3 is 15.5 Å². The van der Waals surface area contributed by atoms with E-state index in [0.29, 0.717) is 30.0 Å². The number of likely N-dealkylation sites (tertiary alicyclic amines) is 1. The Kier molecular flexibility index (Phi) is 9.03. The van der Waals surface area contributed by atoms with Gasteiger partial charge in [0.15, 0.2) is 0 Å². The molecule has 9 nitrogen and oxygen atoms in total. The molecule has 1 aliphatic heterocycles. The van der Waals surface area contributed by atoms with E-state index in [1.807, 2.05) is 38.1 Å². The summed E-state index contributed by atoms with van der Waals surface area (Å²) in [5.74, 6) is -0.515. The number of aryl methyl sites for hydroxylation is 2. The van der Waals surface area contributed by atoms with Crippen LogP contribution < -0.4 is 10.6 Å². The molecule has 0 radical (unpaired) electrons. The Labute approximate surface area is 245 Å². The molecule has 3 aromatic rings. The van der Waals surface area contributed by atoms with Gasteiger partial charge in [0.25, 0.3) is 5.91 Å². The molecule has 3 amide bonds. The normalized spacial score (nSPS) is 17.3. The quantitative estimate of drug-likeness (QED) is 0.396. The number of hydrogen-bond acceptors (Lipinski definition) is 5. The average Bonchev–Trinajstić information content (AvgIpc) is 3.68. The van der Waals surface area contributed by atoms with Gasteiger partial charge in [-0.25, -0.2) is 9.67 Å². The van der Waals surface area contributed by atoms with Crippen molar-refractivity contribution in [2.24, 2.45) is 5.92 Å². The zero-order valence-electron chi connectivity index (χ0n) is 23.6. The van der Waals surface area contributed by atoms with Crippen LogP contribution in [-0.4, -0.2) is 56.0 Å². The summed E-state index contributed by atoms with van der Waals surface area (Å²) in [6.07, 6.45) is 9.13. The number of hydrogen-bond donors (Lipinski definition) is 2. The first-order valence-corrected chi connectivity index (χ1v) is 14.8. The maximum absolute atomic E-state index is 13.8. The van der Waals surface area contributed by atoms with Crippen LogP contribution in [0.5, 0.6) is 0 Å². The summed E-state index contributed by atoms with van der Waals surface area (Å²) in [6.45, 7) is 4.74. The maximum Gasteiger partial charge on any atom is 0.251 e. The first kappa shape index (κ1) is 28.8. The van der Waals surface area contributed by atoms with Crippen LogP contribution in [-0.2, 0) is 29.0 Å². The molecular formula is C31H37ClN6O3. The first-order chi connectivity index (χ1) is 19.8. The van der Waals surface area contributed by atoms with E-state index >= 15 is 0 Å². The molecule has 0 saturated carbocycles. The summed E-state index contributed by atoms with van der Waals surface area (Å²) >= 11 is 6.24.